The van der Waals surface area contributed by atoms with E-state index in [9.17, 15) is 14.2 Å². The molecule has 7 nitrogen and oxygen atoms in total. The van der Waals surface area contributed by atoms with Crippen LogP contribution in [0.4, 0.5) is 4.79 Å². The second-order valence-corrected chi connectivity index (χ2v) is 11.2. The van der Waals surface area contributed by atoms with Crippen molar-refractivity contribution >= 4 is 20.0 Å². The Morgan fingerprint density at radius 3 is 2.19 bits per heavy atom. The molecule has 0 aliphatic carbocycles. The Hall–Kier alpha value is -2.76. The van der Waals surface area contributed by atoms with Crippen LogP contribution in [-0.2, 0) is 13.9 Å². The van der Waals surface area contributed by atoms with Gasteiger partial charge in [0, 0.05) is 12.6 Å². The Balaban J connectivity index is 1.85. The molecule has 4 atom stereocenters. The minimum Gasteiger partial charge on any atom is -0.469 e. The second-order valence-electron chi connectivity index (χ2n) is 9.57. The molecular weight excluding hydrogens is 487 g/mol. The molecule has 0 aromatic heterocycles. The van der Waals surface area contributed by atoms with Gasteiger partial charge in [0.2, 0.25) is 11.6 Å². The zero-order valence-corrected chi connectivity index (χ0v) is 23.7. The lowest BCUT2D eigenvalue weighted by Crippen LogP contribution is -2.73. The normalized spacial score (nSPS) is 18.5. The highest BCUT2D eigenvalue weighted by Gasteiger charge is 2.63. The lowest BCUT2D eigenvalue weighted by Gasteiger charge is -2.54. The van der Waals surface area contributed by atoms with E-state index in [0.717, 1.165) is 24.0 Å². The number of amides is 3. The number of imide groups is 1. The van der Waals surface area contributed by atoms with Crippen molar-refractivity contribution in [2.75, 3.05) is 13.7 Å². The standard InChI is InChI=1S/C29H40N2O5P/c1-7-14-25(23-15-12-11-13-16-23)30(6)28(33)31-26(32)29(8-2,9-3)27(31)36-24-19-17-22(18-20-24)21(5)37(34)35-10-4/h11-13,15-21,25,27H,7-10,14H2,1-6H3/q+1. The maximum atomic E-state index is 13.7. The first kappa shape index (κ1) is 28.8. The van der Waals surface area contributed by atoms with Gasteiger partial charge in [-0.1, -0.05) is 69.7 Å². The number of carbonyl (C=O) groups excluding carboxylic acids is 2. The molecule has 8 heteroatoms. The number of carbonyl (C=O) groups is 2. The summed E-state index contributed by atoms with van der Waals surface area (Å²) in [4.78, 5) is 30.1. The molecule has 0 saturated carbocycles. The van der Waals surface area contributed by atoms with Gasteiger partial charge in [-0.3, -0.25) is 4.79 Å². The van der Waals surface area contributed by atoms with E-state index in [1.807, 2.05) is 70.2 Å². The monoisotopic (exact) mass is 527 g/mol. The number of benzene rings is 2. The summed E-state index contributed by atoms with van der Waals surface area (Å²) < 4.78 is 23.9. The third-order valence-electron chi connectivity index (χ3n) is 7.52. The first-order chi connectivity index (χ1) is 17.7. The third-order valence-corrected chi connectivity index (χ3v) is 8.96. The van der Waals surface area contributed by atoms with Crippen LogP contribution in [0, 0.1) is 5.41 Å². The van der Waals surface area contributed by atoms with Gasteiger partial charge in [-0.25, -0.2) is 9.69 Å². The fourth-order valence-electron chi connectivity index (χ4n) is 5.04. The van der Waals surface area contributed by atoms with Crippen molar-refractivity contribution in [2.45, 2.75) is 78.2 Å². The van der Waals surface area contributed by atoms with Crippen LogP contribution in [0.25, 0.3) is 0 Å². The van der Waals surface area contributed by atoms with Crippen LogP contribution in [0.15, 0.2) is 54.6 Å². The molecule has 1 aliphatic rings. The molecule has 0 radical (unpaired) electrons. The number of ether oxygens (including phenoxy) is 1. The Morgan fingerprint density at radius 2 is 1.65 bits per heavy atom. The van der Waals surface area contributed by atoms with E-state index in [1.54, 1.807) is 24.1 Å². The molecule has 1 heterocycles. The molecule has 3 amide bonds. The van der Waals surface area contributed by atoms with Gasteiger partial charge in [-0.05, 0) is 55.4 Å². The number of β-lactam (4-membered cyclic amide) rings is 1. The van der Waals surface area contributed by atoms with E-state index in [1.165, 1.54) is 4.90 Å². The summed E-state index contributed by atoms with van der Waals surface area (Å²) >= 11 is 0. The van der Waals surface area contributed by atoms with Crippen LogP contribution in [0.2, 0.25) is 0 Å². The van der Waals surface area contributed by atoms with Crippen LogP contribution >= 0.6 is 8.03 Å². The first-order valence-electron chi connectivity index (χ1n) is 13.3. The number of rotatable bonds is 12. The van der Waals surface area contributed by atoms with E-state index in [-0.39, 0.29) is 23.6 Å². The topological polar surface area (TPSA) is 76.2 Å². The summed E-state index contributed by atoms with van der Waals surface area (Å²) in [6, 6.07) is 16.7. The van der Waals surface area contributed by atoms with Crippen molar-refractivity contribution in [1.29, 1.82) is 0 Å². The lowest BCUT2D eigenvalue weighted by molar-refractivity contribution is -0.192. The van der Waals surface area contributed by atoms with Gasteiger partial charge in [-0.2, -0.15) is 0 Å². The fourth-order valence-corrected chi connectivity index (χ4v) is 5.93. The molecule has 0 N–H and O–H groups in total. The Morgan fingerprint density at radius 1 is 1.03 bits per heavy atom. The molecule has 1 fully saturated rings. The molecule has 0 bridgehead atoms. The van der Waals surface area contributed by atoms with Crippen molar-refractivity contribution in [2.24, 2.45) is 5.41 Å². The Kier molecular flexibility index (Phi) is 9.86. The highest BCUT2D eigenvalue weighted by Crippen LogP contribution is 2.47. The van der Waals surface area contributed by atoms with E-state index in [2.05, 4.69) is 6.92 Å². The van der Waals surface area contributed by atoms with Crippen LogP contribution in [0.3, 0.4) is 0 Å². The fraction of sp³-hybridized carbons (Fsp3) is 0.517. The minimum atomic E-state index is -1.81. The van der Waals surface area contributed by atoms with Gasteiger partial charge in [0.1, 0.15) is 11.2 Å². The average Bonchev–Trinajstić information content (AvgIpc) is 2.92. The molecule has 2 aromatic carbocycles. The van der Waals surface area contributed by atoms with E-state index in [4.69, 9.17) is 9.26 Å². The highest BCUT2D eigenvalue weighted by molar-refractivity contribution is 7.39. The summed E-state index contributed by atoms with van der Waals surface area (Å²) in [6.07, 6.45) is 2.13. The molecule has 2 aromatic rings. The Bertz CT molecular complexity index is 1070. The van der Waals surface area contributed by atoms with Crippen molar-refractivity contribution in [3.63, 3.8) is 0 Å². The zero-order valence-electron chi connectivity index (χ0n) is 22.8. The van der Waals surface area contributed by atoms with Gasteiger partial charge in [0.25, 0.3) is 0 Å². The van der Waals surface area contributed by atoms with E-state index >= 15 is 0 Å². The van der Waals surface area contributed by atoms with Crippen molar-refractivity contribution in [1.82, 2.24) is 9.80 Å². The van der Waals surface area contributed by atoms with Gasteiger partial charge in [0.05, 0.1) is 12.6 Å². The summed E-state index contributed by atoms with van der Waals surface area (Å²) in [7, 11) is -0.0516. The first-order valence-corrected chi connectivity index (χ1v) is 14.5. The van der Waals surface area contributed by atoms with Crippen LogP contribution in [0.1, 0.15) is 83.1 Å². The maximum Gasteiger partial charge on any atom is 0.515 e. The average molecular weight is 528 g/mol. The Labute approximate surface area is 222 Å². The molecule has 1 aliphatic heterocycles. The third kappa shape index (κ3) is 5.73. The van der Waals surface area contributed by atoms with Gasteiger partial charge >= 0.3 is 14.1 Å². The van der Waals surface area contributed by atoms with Gasteiger partial charge in [0.15, 0.2) is 6.23 Å². The number of nitrogens with zero attached hydrogens (tertiary/aromatic N) is 2. The molecule has 3 rings (SSSR count). The maximum absolute atomic E-state index is 13.7. The molecular formula is C29H40N2O5P+. The smallest absolute Gasteiger partial charge is 0.469 e. The molecule has 0 spiro atoms. The SMILES string of the molecule is CCCC(c1ccccc1)N(C)C(=O)N1C(=O)C(CC)(CC)C1Oc1ccc(C(C)[P+](=O)OCC)cc1. The molecule has 200 valence electrons. The van der Waals surface area contributed by atoms with Crippen LogP contribution in [-0.4, -0.2) is 41.6 Å². The van der Waals surface area contributed by atoms with Crippen molar-refractivity contribution < 1.29 is 23.4 Å². The predicted molar refractivity (Wildman–Crippen MR) is 146 cm³/mol. The molecule has 4 unspecified atom stereocenters. The quantitative estimate of drug-likeness (QED) is 0.211. The second kappa shape index (κ2) is 12.7. The van der Waals surface area contributed by atoms with E-state index < -0.39 is 19.7 Å². The number of likely N-dealkylation sites (tertiary alicyclic amines) is 1. The summed E-state index contributed by atoms with van der Waals surface area (Å²) in [6.45, 7) is 10.1. The predicted octanol–water partition coefficient (Wildman–Crippen LogP) is 7.47. The van der Waals surface area contributed by atoms with Crippen LogP contribution in [0.5, 0.6) is 5.75 Å². The number of urea groups is 1. The highest BCUT2D eigenvalue weighted by atomic mass is 31.1. The summed E-state index contributed by atoms with van der Waals surface area (Å²) in [5.74, 6) is 0.363. The molecule has 1 saturated heterocycles. The molecule has 37 heavy (non-hydrogen) atoms. The van der Waals surface area contributed by atoms with E-state index in [0.29, 0.717) is 25.2 Å². The summed E-state index contributed by atoms with van der Waals surface area (Å²) in [5.41, 5.74) is 0.910. The largest absolute Gasteiger partial charge is 0.515 e. The van der Waals surface area contributed by atoms with Gasteiger partial charge < -0.3 is 9.64 Å². The lowest BCUT2D eigenvalue weighted by atomic mass is 9.72. The summed E-state index contributed by atoms with van der Waals surface area (Å²) in [5, 5.41) is 0. The minimum absolute atomic E-state index is 0.140. The van der Waals surface area contributed by atoms with Crippen LogP contribution < -0.4 is 4.74 Å². The van der Waals surface area contributed by atoms with Crippen molar-refractivity contribution in [3.8, 4) is 5.75 Å². The van der Waals surface area contributed by atoms with Gasteiger partial charge in [-0.15, -0.1) is 4.52 Å². The number of hydrogen-bond acceptors (Lipinski definition) is 5. The number of hydrogen-bond donors (Lipinski definition) is 0. The van der Waals surface area contributed by atoms with Crippen molar-refractivity contribution in [3.05, 3.63) is 65.7 Å². The zero-order chi connectivity index (χ0) is 27.2.